The maximum Gasteiger partial charge on any atom is 0.272 e. The van der Waals surface area contributed by atoms with Gasteiger partial charge in [-0.1, -0.05) is 12.1 Å². The number of amides is 1. The minimum atomic E-state index is -0.331. The van der Waals surface area contributed by atoms with Crippen molar-refractivity contribution in [1.82, 2.24) is 9.88 Å². The lowest BCUT2D eigenvalue weighted by Gasteiger charge is -2.36. The van der Waals surface area contributed by atoms with E-state index < -0.39 is 0 Å². The van der Waals surface area contributed by atoms with Crippen LogP contribution in [0.15, 0.2) is 42.5 Å². The normalized spacial score (nSPS) is 15.6. The molecule has 0 atom stereocenters. The van der Waals surface area contributed by atoms with Gasteiger partial charge >= 0.3 is 0 Å². The Morgan fingerprint density at radius 2 is 1.97 bits per heavy atom. The molecule has 1 aromatic heterocycles. The number of H-pyrrole nitrogens is 1. The number of carbonyl (C=O) groups excluding carboxylic acids is 1. The number of nitrogens with one attached hydrogen (secondary N) is 2. The van der Waals surface area contributed by atoms with Gasteiger partial charge in [0.15, 0.2) is 0 Å². The van der Waals surface area contributed by atoms with Gasteiger partial charge in [0.05, 0.1) is 5.52 Å². The van der Waals surface area contributed by atoms with E-state index in [1.807, 2.05) is 25.1 Å². The summed E-state index contributed by atoms with van der Waals surface area (Å²) < 4.78 is 14.1. The van der Waals surface area contributed by atoms with Gasteiger partial charge in [0, 0.05) is 29.9 Å². The topological polar surface area (TPSA) is 51.4 Å². The van der Waals surface area contributed by atoms with Gasteiger partial charge in [0.25, 0.3) is 5.91 Å². The van der Waals surface area contributed by atoms with Crippen molar-refractivity contribution >= 4 is 28.2 Å². The summed E-state index contributed by atoms with van der Waals surface area (Å²) >= 11 is 0. The number of fused-ring (bicyclic) bond motifs is 1. The Balaban J connectivity index is 1.51. The fourth-order valence-corrected chi connectivity index (χ4v) is 4.04. The van der Waals surface area contributed by atoms with Gasteiger partial charge in [0.1, 0.15) is 11.5 Å². The molecule has 6 heteroatoms. The summed E-state index contributed by atoms with van der Waals surface area (Å²) in [5, 5.41) is 3.37. The van der Waals surface area contributed by atoms with Crippen molar-refractivity contribution in [3.8, 4) is 0 Å². The molecule has 5 nitrogen and oxygen atoms in total. The van der Waals surface area contributed by atoms with Crippen molar-refractivity contribution in [3.05, 3.63) is 59.5 Å². The lowest BCUT2D eigenvalue weighted by molar-refractivity contribution is 0.102. The van der Waals surface area contributed by atoms with Crippen LogP contribution in [-0.2, 0) is 0 Å². The van der Waals surface area contributed by atoms with Gasteiger partial charge in [-0.3, -0.25) is 4.79 Å². The first kappa shape index (κ1) is 19.5. The smallest absolute Gasteiger partial charge is 0.272 e. The first-order valence-electron chi connectivity index (χ1n) is 10.0. The Labute approximate surface area is 170 Å². The van der Waals surface area contributed by atoms with Gasteiger partial charge in [0.2, 0.25) is 0 Å². The van der Waals surface area contributed by atoms with E-state index in [1.54, 1.807) is 12.1 Å². The van der Waals surface area contributed by atoms with Gasteiger partial charge in [-0.15, -0.1) is 0 Å². The van der Waals surface area contributed by atoms with E-state index in [2.05, 4.69) is 40.3 Å². The number of aromatic amines is 1. The molecule has 0 spiro atoms. The molecule has 0 radical (unpaired) electrons. The summed E-state index contributed by atoms with van der Waals surface area (Å²) in [6.45, 7) is 4.09. The summed E-state index contributed by atoms with van der Waals surface area (Å²) in [6, 6.07) is 13.1. The van der Waals surface area contributed by atoms with E-state index >= 15 is 0 Å². The number of halogens is 1. The molecule has 29 heavy (non-hydrogen) atoms. The molecule has 4 rings (SSSR count). The van der Waals surface area contributed by atoms with Crippen LogP contribution < -0.4 is 10.2 Å². The Kier molecular flexibility index (Phi) is 5.28. The Bertz CT molecular complexity index is 998. The highest BCUT2D eigenvalue weighted by molar-refractivity contribution is 6.06. The van der Waals surface area contributed by atoms with Crippen LogP contribution in [0.4, 0.5) is 15.8 Å². The van der Waals surface area contributed by atoms with Crippen LogP contribution in [0.2, 0.25) is 0 Å². The molecule has 1 fully saturated rings. The van der Waals surface area contributed by atoms with Crippen LogP contribution in [0, 0.1) is 12.7 Å². The van der Waals surface area contributed by atoms with Crippen LogP contribution >= 0.6 is 0 Å². The maximum absolute atomic E-state index is 14.1. The Hall–Kier alpha value is -2.86. The van der Waals surface area contributed by atoms with E-state index in [0.29, 0.717) is 22.6 Å². The van der Waals surface area contributed by atoms with Crippen LogP contribution in [0.3, 0.4) is 0 Å². The quantitative estimate of drug-likeness (QED) is 0.690. The van der Waals surface area contributed by atoms with Gasteiger partial charge < -0.3 is 20.1 Å². The highest BCUT2D eigenvalue weighted by Crippen LogP contribution is 2.26. The average molecular weight is 394 g/mol. The molecule has 1 saturated heterocycles. The van der Waals surface area contributed by atoms with E-state index in [1.165, 1.54) is 6.07 Å². The minimum Gasteiger partial charge on any atom is -0.371 e. The average Bonchev–Trinajstić information content (AvgIpc) is 3.18. The number of aryl methyl sites for hydroxylation is 1. The number of aromatic nitrogens is 1. The first-order chi connectivity index (χ1) is 13.9. The largest absolute Gasteiger partial charge is 0.371 e. The monoisotopic (exact) mass is 394 g/mol. The molecule has 0 saturated carbocycles. The van der Waals surface area contributed by atoms with Crippen molar-refractivity contribution in [2.45, 2.75) is 25.8 Å². The predicted molar refractivity (Wildman–Crippen MR) is 116 cm³/mol. The van der Waals surface area contributed by atoms with Gasteiger partial charge in [-0.05, 0) is 75.8 Å². The molecule has 0 bridgehead atoms. The highest BCUT2D eigenvalue weighted by Gasteiger charge is 2.21. The highest BCUT2D eigenvalue weighted by atomic mass is 19.1. The van der Waals surface area contributed by atoms with Crippen LogP contribution in [-0.4, -0.2) is 49.0 Å². The zero-order valence-electron chi connectivity index (χ0n) is 17.1. The number of piperidine rings is 1. The van der Waals surface area contributed by atoms with E-state index in [-0.39, 0.29) is 11.7 Å². The third kappa shape index (κ3) is 3.98. The predicted octanol–water partition coefficient (Wildman–Crippen LogP) is 4.40. The Morgan fingerprint density at radius 1 is 1.21 bits per heavy atom. The molecule has 2 heterocycles. The third-order valence-corrected chi connectivity index (χ3v) is 5.94. The van der Waals surface area contributed by atoms with Crippen molar-refractivity contribution in [3.63, 3.8) is 0 Å². The van der Waals surface area contributed by atoms with Gasteiger partial charge in [-0.2, -0.15) is 0 Å². The summed E-state index contributed by atoms with van der Waals surface area (Å²) in [7, 11) is 4.27. The molecule has 0 unspecified atom stereocenters. The van der Waals surface area contributed by atoms with E-state index in [0.717, 1.165) is 42.9 Å². The number of rotatable bonds is 4. The minimum absolute atomic E-state index is 0.279. The van der Waals surface area contributed by atoms with Crippen molar-refractivity contribution in [2.24, 2.45) is 0 Å². The summed E-state index contributed by atoms with van der Waals surface area (Å²) in [5.41, 5.74) is 3.72. The number of benzene rings is 2. The SMILES string of the molecule is Cc1ccc(F)c2cc(C(=O)Nc3cccc(N(C)C4CCN(C)CC4)c3)[nH]c12. The number of hydrogen-bond acceptors (Lipinski definition) is 3. The van der Waals surface area contributed by atoms with E-state index in [4.69, 9.17) is 0 Å². The molecular formula is C23H27FN4O. The zero-order chi connectivity index (χ0) is 20.5. The van der Waals surface area contributed by atoms with Gasteiger partial charge in [-0.25, -0.2) is 4.39 Å². The lowest BCUT2D eigenvalue weighted by atomic mass is 10.0. The third-order valence-electron chi connectivity index (χ3n) is 5.94. The lowest BCUT2D eigenvalue weighted by Crippen LogP contribution is -2.42. The van der Waals surface area contributed by atoms with E-state index in [9.17, 15) is 9.18 Å². The molecule has 3 aromatic rings. The zero-order valence-corrected chi connectivity index (χ0v) is 17.1. The van der Waals surface area contributed by atoms with Crippen LogP contribution in [0.25, 0.3) is 10.9 Å². The standard InChI is InChI=1S/C23H27FN4O/c1-15-7-8-20(24)19-14-21(26-22(15)19)23(29)25-16-5-4-6-18(13-16)28(3)17-9-11-27(2)12-10-17/h4-8,13-14,17,26H,9-12H2,1-3H3,(H,25,29). The fraction of sp³-hybridized carbons (Fsp3) is 0.348. The number of likely N-dealkylation sites (tertiary alicyclic amines) is 1. The fourth-order valence-electron chi connectivity index (χ4n) is 4.04. The summed E-state index contributed by atoms with van der Waals surface area (Å²) in [4.78, 5) is 20.4. The maximum atomic E-state index is 14.1. The molecule has 152 valence electrons. The van der Waals surface area contributed by atoms with Crippen molar-refractivity contribution in [2.75, 3.05) is 37.4 Å². The first-order valence-corrected chi connectivity index (χ1v) is 10.0. The molecule has 1 amide bonds. The summed E-state index contributed by atoms with van der Waals surface area (Å²) in [5.74, 6) is -0.609. The van der Waals surface area contributed by atoms with Crippen LogP contribution in [0.5, 0.6) is 0 Å². The molecule has 2 N–H and O–H groups in total. The Morgan fingerprint density at radius 3 is 2.69 bits per heavy atom. The van der Waals surface area contributed by atoms with Crippen molar-refractivity contribution < 1.29 is 9.18 Å². The molecule has 1 aliphatic heterocycles. The number of anilines is 2. The number of carbonyl (C=O) groups is 1. The molecule has 1 aliphatic rings. The molecular weight excluding hydrogens is 367 g/mol. The van der Waals surface area contributed by atoms with Crippen LogP contribution in [0.1, 0.15) is 28.9 Å². The second kappa shape index (κ2) is 7.87. The van der Waals surface area contributed by atoms with Crippen molar-refractivity contribution in [1.29, 1.82) is 0 Å². The molecule has 2 aromatic carbocycles. The number of hydrogen-bond donors (Lipinski definition) is 2. The summed E-state index contributed by atoms with van der Waals surface area (Å²) in [6.07, 6.45) is 2.26. The second-order valence-electron chi connectivity index (χ2n) is 7.99. The second-order valence-corrected chi connectivity index (χ2v) is 7.99. The molecule has 0 aliphatic carbocycles. The number of nitrogens with zero attached hydrogens (tertiary/aromatic N) is 2.